The lowest BCUT2D eigenvalue weighted by molar-refractivity contribution is 0.157. The van der Waals surface area contributed by atoms with Crippen molar-refractivity contribution in [2.45, 2.75) is 26.7 Å². The van der Waals surface area contributed by atoms with Crippen LogP contribution in [0.2, 0.25) is 0 Å². The van der Waals surface area contributed by atoms with Crippen LogP contribution in [0.4, 0.5) is 4.79 Å². The number of nitrogens with zero attached hydrogens (tertiary/aromatic N) is 1. The third-order valence-corrected chi connectivity index (χ3v) is 3.29. The summed E-state index contributed by atoms with van der Waals surface area (Å²) in [4.78, 5) is 13.4. The lowest BCUT2D eigenvalue weighted by Crippen LogP contribution is -2.32. The summed E-state index contributed by atoms with van der Waals surface area (Å²) in [5.41, 5.74) is 5.49. The topological polar surface area (TPSA) is 55.6 Å². The molecule has 0 aliphatic carbocycles. The number of amides is 1. The van der Waals surface area contributed by atoms with Crippen molar-refractivity contribution in [3.05, 3.63) is 0 Å². The molecule has 0 aromatic heterocycles. The molecule has 1 fully saturated rings. The van der Waals surface area contributed by atoms with Crippen LogP contribution in [0.15, 0.2) is 0 Å². The van der Waals surface area contributed by atoms with Crippen LogP contribution in [-0.4, -0.2) is 35.7 Å². The number of cyclic esters (lactones) is 1. The molecule has 1 aliphatic rings. The van der Waals surface area contributed by atoms with Gasteiger partial charge in [0, 0.05) is 12.0 Å². The molecule has 0 spiro atoms. The minimum Gasteiger partial charge on any atom is -0.448 e. The number of carbonyl (C=O) groups is 1. The van der Waals surface area contributed by atoms with Gasteiger partial charge in [-0.3, -0.25) is 0 Å². The van der Waals surface area contributed by atoms with Crippen molar-refractivity contribution in [1.29, 1.82) is 0 Å². The molecule has 0 radical (unpaired) electrons. The van der Waals surface area contributed by atoms with E-state index in [4.69, 9.17) is 22.7 Å². The molecule has 0 aromatic carbocycles. The van der Waals surface area contributed by atoms with E-state index < -0.39 is 0 Å². The van der Waals surface area contributed by atoms with Gasteiger partial charge in [-0.05, 0) is 12.8 Å². The number of nitrogens with two attached hydrogens (primary N) is 1. The normalized spacial score (nSPS) is 16.7. The first-order valence-corrected chi connectivity index (χ1v) is 5.56. The molecule has 0 bridgehead atoms. The molecule has 1 aliphatic heterocycles. The molecule has 1 saturated heterocycles. The first-order chi connectivity index (χ1) is 6.93. The zero-order valence-corrected chi connectivity index (χ0v) is 10.1. The first kappa shape index (κ1) is 12.2. The number of hydrogen-bond acceptors (Lipinski definition) is 3. The Morgan fingerprint density at radius 1 is 1.67 bits per heavy atom. The predicted octanol–water partition coefficient (Wildman–Crippen LogP) is 1.53. The van der Waals surface area contributed by atoms with E-state index in [1.165, 1.54) is 0 Å². The third-order valence-electron chi connectivity index (χ3n) is 2.74. The fraction of sp³-hybridized carbons (Fsp3) is 0.800. The predicted molar refractivity (Wildman–Crippen MR) is 62.7 cm³/mol. The molecular weight excluding hydrogens is 212 g/mol. The average Bonchev–Trinajstić information content (AvgIpc) is 2.51. The highest BCUT2D eigenvalue weighted by Gasteiger charge is 2.24. The van der Waals surface area contributed by atoms with Gasteiger partial charge < -0.3 is 15.4 Å². The Labute approximate surface area is 95.8 Å². The summed E-state index contributed by atoms with van der Waals surface area (Å²) >= 11 is 4.98. The maximum absolute atomic E-state index is 11.1. The van der Waals surface area contributed by atoms with Crippen molar-refractivity contribution >= 4 is 23.3 Å². The van der Waals surface area contributed by atoms with Gasteiger partial charge in [-0.2, -0.15) is 0 Å². The van der Waals surface area contributed by atoms with E-state index in [1.807, 2.05) is 13.8 Å². The van der Waals surface area contributed by atoms with Crippen LogP contribution in [0.5, 0.6) is 0 Å². The summed E-state index contributed by atoms with van der Waals surface area (Å²) in [6.07, 6.45) is 1.59. The summed E-state index contributed by atoms with van der Waals surface area (Å²) in [6.45, 7) is 5.99. The number of carbonyl (C=O) groups excluding carboxylic acids is 1. The SMILES string of the molecule is CC(C)(CCCN1CCOC1=O)C(N)=S. The molecule has 1 rings (SSSR count). The molecule has 0 saturated carbocycles. The highest BCUT2D eigenvalue weighted by atomic mass is 32.1. The van der Waals surface area contributed by atoms with Crippen molar-refractivity contribution in [3.63, 3.8) is 0 Å². The molecule has 1 heterocycles. The summed E-state index contributed by atoms with van der Waals surface area (Å²) in [5.74, 6) is 0. The summed E-state index contributed by atoms with van der Waals surface area (Å²) in [7, 11) is 0. The molecule has 0 unspecified atom stereocenters. The van der Waals surface area contributed by atoms with Crippen LogP contribution < -0.4 is 5.73 Å². The van der Waals surface area contributed by atoms with Gasteiger partial charge >= 0.3 is 6.09 Å². The van der Waals surface area contributed by atoms with Gasteiger partial charge in [0.2, 0.25) is 0 Å². The van der Waals surface area contributed by atoms with Crippen LogP contribution in [-0.2, 0) is 4.74 Å². The maximum Gasteiger partial charge on any atom is 0.409 e. The number of ether oxygens (including phenoxy) is 1. The van der Waals surface area contributed by atoms with Gasteiger partial charge in [-0.25, -0.2) is 4.79 Å². The van der Waals surface area contributed by atoms with Crippen molar-refractivity contribution in [3.8, 4) is 0 Å². The quantitative estimate of drug-likeness (QED) is 0.728. The zero-order valence-electron chi connectivity index (χ0n) is 9.28. The Bertz CT molecular complexity index is 266. The fourth-order valence-electron chi connectivity index (χ4n) is 1.46. The second kappa shape index (κ2) is 4.79. The van der Waals surface area contributed by atoms with Gasteiger partial charge in [0.25, 0.3) is 0 Å². The monoisotopic (exact) mass is 230 g/mol. The molecule has 0 aromatic rings. The van der Waals surface area contributed by atoms with Crippen molar-refractivity contribution < 1.29 is 9.53 Å². The Morgan fingerprint density at radius 3 is 2.80 bits per heavy atom. The Kier molecular flexibility index (Phi) is 3.90. The smallest absolute Gasteiger partial charge is 0.409 e. The largest absolute Gasteiger partial charge is 0.448 e. The fourth-order valence-corrected chi connectivity index (χ4v) is 1.57. The molecule has 2 N–H and O–H groups in total. The summed E-state index contributed by atoms with van der Waals surface area (Å²) in [6, 6.07) is 0. The number of rotatable bonds is 5. The van der Waals surface area contributed by atoms with Crippen LogP contribution in [0.3, 0.4) is 0 Å². The molecule has 1 amide bonds. The number of thiocarbonyl (C=S) groups is 1. The van der Waals surface area contributed by atoms with Crippen LogP contribution >= 0.6 is 12.2 Å². The van der Waals surface area contributed by atoms with Crippen molar-refractivity contribution in [2.24, 2.45) is 11.1 Å². The first-order valence-electron chi connectivity index (χ1n) is 5.15. The molecule has 0 atom stereocenters. The van der Waals surface area contributed by atoms with Crippen molar-refractivity contribution in [2.75, 3.05) is 19.7 Å². The van der Waals surface area contributed by atoms with E-state index >= 15 is 0 Å². The van der Waals surface area contributed by atoms with E-state index in [2.05, 4.69) is 0 Å². The zero-order chi connectivity index (χ0) is 11.5. The van der Waals surface area contributed by atoms with Gasteiger partial charge in [0.05, 0.1) is 11.5 Å². The van der Waals surface area contributed by atoms with E-state index in [1.54, 1.807) is 4.90 Å². The van der Waals surface area contributed by atoms with Gasteiger partial charge in [-0.1, -0.05) is 26.1 Å². The van der Waals surface area contributed by atoms with Crippen molar-refractivity contribution in [1.82, 2.24) is 4.90 Å². The molecule has 86 valence electrons. The Hall–Kier alpha value is -0.840. The van der Waals surface area contributed by atoms with E-state index in [9.17, 15) is 4.79 Å². The highest BCUT2D eigenvalue weighted by Crippen LogP contribution is 2.23. The lowest BCUT2D eigenvalue weighted by atomic mass is 9.88. The number of hydrogen-bond donors (Lipinski definition) is 1. The highest BCUT2D eigenvalue weighted by molar-refractivity contribution is 7.80. The van der Waals surface area contributed by atoms with Gasteiger partial charge in [-0.15, -0.1) is 0 Å². The third kappa shape index (κ3) is 3.34. The molecule has 15 heavy (non-hydrogen) atoms. The van der Waals surface area contributed by atoms with Crippen LogP contribution in [0.1, 0.15) is 26.7 Å². The van der Waals surface area contributed by atoms with Crippen LogP contribution in [0.25, 0.3) is 0 Å². The van der Waals surface area contributed by atoms with E-state index in [0.29, 0.717) is 18.1 Å². The summed E-state index contributed by atoms with van der Waals surface area (Å²) in [5, 5.41) is 0. The standard InChI is InChI=1S/C10H18N2O2S/c1-10(2,8(11)15)4-3-5-12-6-7-14-9(12)13/h3-7H2,1-2H3,(H2,11,15). The molecule has 5 heteroatoms. The average molecular weight is 230 g/mol. The minimum absolute atomic E-state index is 0.126. The van der Waals surface area contributed by atoms with E-state index in [0.717, 1.165) is 19.4 Å². The minimum atomic E-state index is -0.205. The molecular formula is C10H18N2O2S. The Morgan fingerprint density at radius 2 is 2.33 bits per heavy atom. The van der Waals surface area contributed by atoms with E-state index in [-0.39, 0.29) is 11.5 Å². The second-order valence-electron chi connectivity index (χ2n) is 4.45. The molecule has 4 nitrogen and oxygen atoms in total. The maximum atomic E-state index is 11.1. The van der Waals surface area contributed by atoms with Gasteiger partial charge in [0.15, 0.2) is 0 Å². The van der Waals surface area contributed by atoms with Gasteiger partial charge in [0.1, 0.15) is 6.61 Å². The van der Waals surface area contributed by atoms with Crippen LogP contribution in [0, 0.1) is 5.41 Å². The lowest BCUT2D eigenvalue weighted by Gasteiger charge is -2.23. The second-order valence-corrected chi connectivity index (χ2v) is 4.89. The Balaban J connectivity index is 2.27. The summed E-state index contributed by atoms with van der Waals surface area (Å²) < 4.78 is 4.83.